The molecule has 1 rings (SSSR count). The van der Waals surface area contributed by atoms with Gasteiger partial charge in [-0.05, 0) is 39.2 Å². The Labute approximate surface area is 111 Å². The first-order chi connectivity index (χ1) is 8.79. The van der Waals surface area contributed by atoms with E-state index < -0.39 is 0 Å². The van der Waals surface area contributed by atoms with Gasteiger partial charge in [-0.15, -0.1) is 6.58 Å². The van der Waals surface area contributed by atoms with Crippen LogP contribution in [-0.2, 0) is 13.1 Å². The maximum atomic E-state index is 4.42. The minimum absolute atomic E-state index is 0.932. The van der Waals surface area contributed by atoms with Crippen LogP contribution in [0.4, 0.5) is 0 Å². The van der Waals surface area contributed by atoms with E-state index in [-0.39, 0.29) is 0 Å². The highest BCUT2D eigenvalue weighted by Crippen LogP contribution is 2.09. The van der Waals surface area contributed by atoms with Gasteiger partial charge < -0.3 is 9.88 Å². The summed E-state index contributed by atoms with van der Waals surface area (Å²) in [7, 11) is 0. The van der Waals surface area contributed by atoms with E-state index in [1.807, 2.05) is 12.3 Å². The first kappa shape index (κ1) is 15.0. The number of hydrogen-bond acceptors (Lipinski definition) is 2. The summed E-state index contributed by atoms with van der Waals surface area (Å²) < 4.78 is 2.34. The van der Waals surface area contributed by atoms with Crippen LogP contribution in [-0.4, -0.2) is 16.1 Å². The fourth-order valence-corrected chi connectivity index (χ4v) is 2.09. The number of allylic oxidation sites excluding steroid dienone is 1. The maximum Gasteiger partial charge on any atom is 0.105 e. The zero-order chi connectivity index (χ0) is 13.2. The fraction of sp³-hybridized carbons (Fsp3) is 0.667. The molecule has 3 nitrogen and oxygen atoms in total. The molecule has 0 saturated carbocycles. The Kier molecular flexibility index (Phi) is 7.42. The lowest BCUT2D eigenvalue weighted by atomic mass is 10.2. The molecular formula is C15H27N3. The SMILES string of the molecule is C=CCCCCCn1c(CNCCC)cnc1C. The minimum atomic E-state index is 0.932. The molecule has 0 aromatic carbocycles. The molecule has 0 amide bonds. The number of aromatic nitrogens is 2. The lowest BCUT2D eigenvalue weighted by molar-refractivity contribution is 0.548. The summed E-state index contributed by atoms with van der Waals surface area (Å²) in [5, 5.41) is 3.44. The van der Waals surface area contributed by atoms with Crippen molar-refractivity contribution in [3.63, 3.8) is 0 Å². The van der Waals surface area contributed by atoms with Gasteiger partial charge in [-0.3, -0.25) is 0 Å². The molecule has 0 aliphatic carbocycles. The van der Waals surface area contributed by atoms with Crippen LogP contribution >= 0.6 is 0 Å². The third kappa shape index (κ3) is 5.05. The van der Waals surface area contributed by atoms with E-state index in [9.17, 15) is 0 Å². The van der Waals surface area contributed by atoms with Crippen LogP contribution < -0.4 is 5.32 Å². The number of aryl methyl sites for hydroxylation is 1. The number of nitrogens with zero attached hydrogens (tertiary/aromatic N) is 2. The van der Waals surface area contributed by atoms with Gasteiger partial charge in [0.25, 0.3) is 0 Å². The van der Waals surface area contributed by atoms with Crippen LogP contribution in [0.5, 0.6) is 0 Å². The van der Waals surface area contributed by atoms with Crippen molar-refractivity contribution < 1.29 is 0 Å². The van der Waals surface area contributed by atoms with E-state index in [1.54, 1.807) is 0 Å². The molecule has 0 aliphatic rings. The number of rotatable bonds is 10. The van der Waals surface area contributed by atoms with Gasteiger partial charge in [-0.25, -0.2) is 4.98 Å². The fourth-order valence-electron chi connectivity index (χ4n) is 2.09. The highest BCUT2D eigenvalue weighted by molar-refractivity contribution is 5.04. The van der Waals surface area contributed by atoms with Crippen LogP contribution in [0, 0.1) is 6.92 Å². The van der Waals surface area contributed by atoms with Gasteiger partial charge in [0.2, 0.25) is 0 Å². The Balaban J connectivity index is 2.37. The number of unbranched alkanes of at least 4 members (excludes halogenated alkanes) is 3. The predicted molar refractivity (Wildman–Crippen MR) is 77.6 cm³/mol. The highest BCUT2D eigenvalue weighted by Gasteiger charge is 2.05. The van der Waals surface area contributed by atoms with Crippen LogP contribution in [0.25, 0.3) is 0 Å². The van der Waals surface area contributed by atoms with Crippen LogP contribution in [0.3, 0.4) is 0 Å². The number of imidazole rings is 1. The van der Waals surface area contributed by atoms with Gasteiger partial charge in [-0.2, -0.15) is 0 Å². The van der Waals surface area contributed by atoms with E-state index in [2.05, 4.69) is 35.3 Å². The van der Waals surface area contributed by atoms with Crippen molar-refractivity contribution in [3.05, 3.63) is 30.4 Å². The Bertz CT molecular complexity index is 342. The van der Waals surface area contributed by atoms with E-state index in [0.717, 1.165) is 31.9 Å². The normalized spacial score (nSPS) is 10.8. The second-order valence-electron chi connectivity index (χ2n) is 4.76. The third-order valence-electron chi connectivity index (χ3n) is 3.16. The third-order valence-corrected chi connectivity index (χ3v) is 3.16. The largest absolute Gasteiger partial charge is 0.331 e. The van der Waals surface area contributed by atoms with Crippen molar-refractivity contribution in [3.8, 4) is 0 Å². The first-order valence-electron chi connectivity index (χ1n) is 7.12. The lowest BCUT2D eigenvalue weighted by Crippen LogP contribution is -2.17. The Hall–Kier alpha value is -1.09. The number of nitrogens with one attached hydrogen (secondary N) is 1. The minimum Gasteiger partial charge on any atom is -0.331 e. The maximum absolute atomic E-state index is 4.42. The van der Waals surface area contributed by atoms with E-state index in [1.165, 1.54) is 31.4 Å². The van der Waals surface area contributed by atoms with Crippen molar-refractivity contribution in [1.82, 2.24) is 14.9 Å². The Morgan fingerprint density at radius 3 is 2.94 bits per heavy atom. The second-order valence-corrected chi connectivity index (χ2v) is 4.76. The van der Waals surface area contributed by atoms with Crippen molar-refractivity contribution >= 4 is 0 Å². The quantitative estimate of drug-likeness (QED) is 0.508. The van der Waals surface area contributed by atoms with Gasteiger partial charge in [0.05, 0.1) is 5.69 Å². The Morgan fingerprint density at radius 2 is 2.22 bits per heavy atom. The van der Waals surface area contributed by atoms with E-state index in [0.29, 0.717) is 0 Å². The highest BCUT2D eigenvalue weighted by atomic mass is 15.1. The van der Waals surface area contributed by atoms with Gasteiger partial charge in [0.15, 0.2) is 0 Å². The van der Waals surface area contributed by atoms with Crippen molar-refractivity contribution in [2.75, 3.05) is 6.54 Å². The summed E-state index contributed by atoms with van der Waals surface area (Å²) in [6, 6.07) is 0. The van der Waals surface area contributed by atoms with Crippen LogP contribution in [0.2, 0.25) is 0 Å². The summed E-state index contributed by atoms with van der Waals surface area (Å²) in [6.07, 6.45) is 10.1. The van der Waals surface area contributed by atoms with Crippen LogP contribution in [0.15, 0.2) is 18.9 Å². The molecule has 0 saturated heterocycles. The monoisotopic (exact) mass is 249 g/mol. The zero-order valence-electron chi connectivity index (χ0n) is 11.9. The van der Waals surface area contributed by atoms with Crippen molar-refractivity contribution in [1.29, 1.82) is 0 Å². The summed E-state index contributed by atoms with van der Waals surface area (Å²) in [5.41, 5.74) is 1.31. The molecule has 0 radical (unpaired) electrons. The first-order valence-corrected chi connectivity index (χ1v) is 7.12. The molecule has 18 heavy (non-hydrogen) atoms. The van der Waals surface area contributed by atoms with Crippen LogP contribution in [0.1, 0.15) is 50.5 Å². The zero-order valence-corrected chi connectivity index (χ0v) is 11.9. The summed E-state index contributed by atoms with van der Waals surface area (Å²) in [4.78, 5) is 4.42. The molecule has 3 heteroatoms. The standard InChI is InChI=1S/C15H27N3/c1-4-6-7-8-9-11-18-14(3)17-13-15(18)12-16-10-5-2/h4,13,16H,1,5-12H2,2-3H3. The van der Waals surface area contributed by atoms with Gasteiger partial charge in [-0.1, -0.05) is 19.4 Å². The summed E-state index contributed by atoms with van der Waals surface area (Å²) in [6.45, 7) is 11.1. The second kappa shape index (κ2) is 8.92. The molecule has 1 heterocycles. The van der Waals surface area contributed by atoms with Gasteiger partial charge in [0.1, 0.15) is 5.82 Å². The molecule has 1 aromatic rings. The average molecular weight is 249 g/mol. The molecule has 0 spiro atoms. The van der Waals surface area contributed by atoms with Gasteiger partial charge in [0, 0.05) is 19.3 Å². The molecule has 0 aliphatic heterocycles. The smallest absolute Gasteiger partial charge is 0.105 e. The molecule has 1 aromatic heterocycles. The molecule has 0 fully saturated rings. The summed E-state index contributed by atoms with van der Waals surface area (Å²) in [5.74, 6) is 1.13. The molecular weight excluding hydrogens is 222 g/mol. The van der Waals surface area contributed by atoms with Gasteiger partial charge >= 0.3 is 0 Å². The molecule has 0 bridgehead atoms. The molecule has 102 valence electrons. The predicted octanol–water partition coefficient (Wildman–Crippen LogP) is 3.44. The van der Waals surface area contributed by atoms with Crippen molar-refractivity contribution in [2.45, 2.75) is 59.0 Å². The van der Waals surface area contributed by atoms with E-state index >= 15 is 0 Å². The Morgan fingerprint density at radius 1 is 1.39 bits per heavy atom. The van der Waals surface area contributed by atoms with Crippen molar-refractivity contribution in [2.24, 2.45) is 0 Å². The van der Waals surface area contributed by atoms with E-state index in [4.69, 9.17) is 0 Å². The molecule has 1 N–H and O–H groups in total. The summed E-state index contributed by atoms with van der Waals surface area (Å²) >= 11 is 0. The number of hydrogen-bond donors (Lipinski definition) is 1. The average Bonchev–Trinajstić information content (AvgIpc) is 2.71. The topological polar surface area (TPSA) is 29.9 Å². The molecule has 0 atom stereocenters. The molecule has 0 unspecified atom stereocenters. The lowest BCUT2D eigenvalue weighted by Gasteiger charge is -2.10.